The van der Waals surface area contributed by atoms with Crippen molar-refractivity contribution >= 4 is 5.97 Å². The van der Waals surface area contributed by atoms with Crippen molar-refractivity contribution in [2.45, 2.75) is 26.7 Å². The molecule has 1 rings (SSSR count). The molecule has 0 aliphatic heterocycles. The fourth-order valence-electron chi connectivity index (χ4n) is 0.943. The van der Waals surface area contributed by atoms with Crippen molar-refractivity contribution in [1.29, 1.82) is 0 Å². The van der Waals surface area contributed by atoms with Gasteiger partial charge in [0.05, 0.1) is 12.2 Å². The fourth-order valence-corrected chi connectivity index (χ4v) is 0.943. The Morgan fingerprint density at radius 2 is 2.38 bits per heavy atom. The Bertz CT molecular complexity index is 275. The minimum Gasteiger partial charge on any atom is -0.469 e. The molecule has 0 unspecified atom stereocenters. The highest BCUT2D eigenvalue weighted by atomic mass is 16.5. The van der Waals surface area contributed by atoms with Crippen LogP contribution in [0, 0.1) is 6.92 Å². The Morgan fingerprint density at radius 3 is 2.92 bits per heavy atom. The van der Waals surface area contributed by atoms with E-state index in [1.807, 2.05) is 0 Å². The van der Waals surface area contributed by atoms with E-state index in [4.69, 9.17) is 9.15 Å². The normalized spacial score (nSPS) is 10.0. The van der Waals surface area contributed by atoms with Gasteiger partial charge in [-0.2, -0.15) is 0 Å². The summed E-state index contributed by atoms with van der Waals surface area (Å²) in [4.78, 5) is 11.3. The number of aryl methyl sites for hydroxylation is 1. The SMILES string of the molecule is CCCCOC(=O)c1coc(C)c1. The van der Waals surface area contributed by atoms with Crippen molar-refractivity contribution in [2.75, 3.05) is 6.61 Å². The first kappa shape index (κ1) is 9.84. The average Bonchev–Trinajstić information content (AvgIpc) is 2.52. The monoisotopic (exact) mass is 182 g/mol. The number of rotatable bonds is 4. The molecule has 0 aliphatic carbocycles. The van der Waals surface area contributed by atoms with Crippen molar-refractivity contribution < 1.29 is 13.9 Å². The molecular weight excluding hydrogens is 168 g/mol. The number of unbranched alkanes of at least 4 members (excludes halogenated alkanes) is 1. The second-order valence-corrected chi connectivity index (χ2v) is 2.94. The number of ether oxygens (including phenoxy) is 1. The van der Waals surface area contributed by atoms with Gasteiger partial charge in [-0.3, -0.25) is 0 Å². The van der Waals surface area contributed by atoms with Crippen molar-refractivity contribution in [3.8, 4) is 0 Å². The number of hydrogen-bond acceptors (Lipinski definition) is 3. The molecule has 3 nitrogen and oxygen atoms in total. The summed E-state index contributed by atoms with van der Waals surface area (Å²) in [6, 6.07) is 1.67. The lowest BCUT2D eigenvalue weighted by Gasteiger charge is -2.00. The Balaban J connectivity index is 2.40. The van der Waals surface area contributed by atoms with E-state index in [1.54, 1.807) is 13.0 Å². The maximum atomic E-state index is 11.3. The van der Waals surface area contributed by atoms with Crippen molar-refractivity contribution in [3.05, 3.63) is 23.7 Å². The third-order valence-electron chi connectivity index (χ3n) is 1.70. The first-order valence-electron chi connectivity index (χ1n) is 4.46. The van der Waals surface area contributed by atoms with Crippen LogP contribution in [0.4, 0.5) is 0 Å². The van der Waals surface area contributed by atoms with Gasteiger partial charge in [0.15, 0.2) is 0 Å². The van der Waals surface area contributed by atoms with E-state index in [0.29, 0.717) is 12.2 Å². The summed E-state index contributed by atoms with van der Waals surface area (Å²) in [6.07, 6.45) is 3.35. The number of esters is 1. The van der Waals surface area contributed by atoms with Crippen molar-refractivity contribution in [1.82, 2.24) is 0 Å². The highest BCUT2D eigenvalue weighted by Gasteiger charge is 2.08. The lowest BCUT2D eigenvalue weighted by molar-refractivity contribution is 0.0499. The zero-order chi connectivity index (χ0) is 9.68. The smallest absolute Gasteiger partial charge is 0.341 e. The van der Waals surface area contributed by atoms with E-state index in [0.717, 1.165) is 18.6 Å². The Labute approximate surface area is 77.7 Å². The van der Waals surface area contributed by atoms with E-state index in [2.05, 4.69) is 6.92 Å². The molecule has 0 spiro atoms. The van der Waals surface area contributed by atoms with Crippen LogP contribution in [0.15, 0.2) is 16.7 Å². The fraction of sp³-hybridized carbons (Fsp3) is 0.500. The third-order valence-corrected chi connectivity index (χ3v) is 1.70. The van der Waals surface area contributed by atoms with Crippen LogP contribution < -0.4 is 0 Å². The van der Waals surface area contributed by atoms with Gasteiger partial charge >= 0.3 is 5.97 Å². The largest absolute Gasteiger partial charge is 0.469 e. The molecule has 0 radical (unpaired) electrons. The topological polar surface area (TPSA) is 39.4 Å². The molecule has 0 fully saturated rings. The van der Waals surface area contributed by atoms with Gasteiger partial charge in [0.2, 0.25) is 0 Å². The summed E-state index contributed by atoms with van der Waals surface area (Å²) in [6.45, 7) is 4.33. The van der Waals surface area contributed by atoms with E-state index < -0.39 is 0 Å². The number of hydrogen-bond donors (Lipinski definition) is 0. The maximum absolute atomic E-state index is 11.3. The molecule has 1 aromatic rings. The molecule has 0 saturated heterocycles. The van der Waals surface area contributed by atoms with Crippen LogP contribution in [0.1, 0.15) is 35.9 Å². The molecule has 0 amide bonds. The van der Waals surface area contributed by atoms with Crippen LogP contribution >= 0.6 is 0 Å². The van der Waals surface area contributed by atoms with E-state index in [-0.39, 0.29) is 5.97 Å². The summed E-state index contributed by atoms with van der Waals surface area (Å²) >= 11 is 0. The number of carbonyl (C=O) groups excluding carboxylic acids is 1. The highest BCUT2D eigenvalue weighted by molar-refractivity contribution is 5.89. The van der Waals surface area contributed by atoms with Crippen molar-refractivity contribution in [2.24, 2.45) is 0 Å². The van der Waals surface area contributed by atoms with Gasteiger partial charge in [0.25, 0.3) is 0 Å². The Kier molecular flexibility index (Phi) is 3.55. The second kappa shape index (κ2) is 4.70. The first-order chi connectivity index (χ1) is 6.24. The highest BCUT2D eigenvalue weighted by Crippen LogP contribution is 2.07. The van der Waals surface area contributed by atoms with Crippen LogP contribution in [0.2, 0.25) is 0 Å². The molecule has 3 heteroatoms. The van der Waals surface area contributed by atoms with E-state index in [9.17, 15) is 4.79 Å². The minimum atomic E-state index is -0.301. The van der Waals surface area contributed by atoms with E-state index >= 15 is 0 Å². The first-order valence-corrected chi connectivity index (χ1v) is 4.46. The lowest BCUT2D eigenvalue weighted by Crippen LogP contribution is -2.04. The summed E-state index contributed by atoms with van der Waals surface area (Å²) < 4.78 is 9.97. The van der Waals surface area contributed by atoms with Gasteiger partial charge in [0.1, 0.15) is 12.0 Å². The van der Waals surface area contributed by atoms with Crippen LogP contribution in [0.5, 0.6) is 0 Å². The Hall–Kier alpha value is -1.25. The quantitative estimate of drug-likeness (QED) is 0.530. The third kappa shape index (κ3) is 2.93. The summed E-state index contributed by atoms with van der Waals surface area (Å²) in [5.41, 5.74) is 0.494. The number of furan rings is 1. The van der Waals surface area contributed by atoms with Gasteiger partial charge < -0.3 is 9.15 Å². The molecule has 0 atom stereocenters. The molecule has 1 aromatic heterocycles. The van der Waals surface area contributed by atoms with Gasteiger partial charge in [-0.25, -0.2) is 4.79 Å². The van der Waals surface area contributed by atoms with Crippen LogP contribution in [-0.2, 0) is 4.74 Å². The molecule has 0 aliphatic rings. The van der Waals surface area contributed by atoms with E-state index in [1.165, 1.54) is 6.26 Å². The summed E-state index contributed by atoms with van der Waals surface area (Å²) in [5, 5.41) is 0. The van der Waals surface area contributed by atoms with Gasteiger partial charge in [-0.05, 0) is 19.4 Å². The second-order valence-electron chi connectivity index (χ2n) is 2.94. The predicted octanol–water partition coefficient (Wildman–Crippen LogP) is 2.54. The summed E-state index contributed by atoms with van der Waals surface area (Å²) in [7, 11) is 0. The predicted molar refractivity (Wildman–Crippen MR) is 48.6 cm³/mol. The molecule has 0 bridgehead atoms. The molecular formula is C10H14O3. The molecule has 0 aromatic carbocycles. The van der Waals surface area contributed by atoms with Crippen LogP contribution in [0.3, 0.4) is 0 Å². The average molecular weight is 182 g/mol. The van der Waals surface area contributed by atoms with Crippen molar-refractivity contribution in [3.63, 3.8) is 0 Å². The van der Waals surface area contributed by atoms with Gasteiger partial charge in [-0.15, -0.1) is 0 Å². The molecule has 0 N–H and O–H groups in total. The van der Waals surface area contributed by atoms with Crippen LogP contribution in [-0.4, -0.2) is 12.6 Å². The number of carbonyl (C=O) groups is 1. The van der Waals surface area contributed by atoms with Gasteiger partial charge in [0, 0.05) is 0 Å². The molecule has 0 saturated carbocycles. The Morgan fingerprint density at radius 1 is 1.62 bits per heavy atom. The molecule has 72 valence electrons. The zero-order valence-corrected chi connectivity index (χ0v) is 8.00. The maximum Gasteiger partial charge on any atom is 0.341 e. The zero-order valence-electron chi connectivity index (χ0n) is 8.00. The standard InChI is InChI=1S/C10H14O3/c1-3-4-5-12-10(11)9-6-8(2)13-7-9/h6-7H,3-5H2,1-2H3. The van der Waals surface area contributed by atoms with Gasteiger partial charge in [-0.1, -0.05) is 13.3 Å². The molecule has 1 heterocycles. The lowest BCUT2D eigenvalue weighted by atomic mass is 10.3. The van der Waals surface area contributed by atoms with Crippen LogP contribution in [0.25, 0.3) is 0 Å². The summed E-state index contributed by atoms with van der Waals surface area (Å²) in [5.74, 6) is 0.424. The minimum absolute atomic E-state index is 0.301. The molecule has 13 heavy (non-hydrogen) atoms.